The van der Waals surface area contributed by atoms with Crippen LogP contribution in [0.15, 0.2) is 30.3 Å². The van der Waals surface area contributed by atoms with Gasteiger partial charge in [-0.15, -0.1) is 0 Å². The molecule has 0 aliphatic carbocycles. The van der Waals surface area contributed by atoms with Crippen molar-refractivity contribution in [3.63, 3.8) is 0 Å². The predicted octanol–water partition coefficient (Wildman–Crippen LogP) is 2.95. The molecule has 1 aromatic rings. The van der Waals surface area contributed by atoms with Crippen molar-refractivity contribution in [2.24, 2.45) is 0 Å². The molecule has 2 heterocycles. The van der Waals surface area contributed by atoms with Crippen molar-refractivity contribution in [1.82, 2.24) is 0 Å². The lowest BCUT2D eigenvalue weighted by molar-refractivity contribution is -0.386. The Labute approximate surface area is 162 Å². The first kappa shape index (κ1) is 20.9. The quantitative estimate of drug-likeness (QED) is 0.746. The maximum atomic E-state index is 10.8. The Balaban J connectivity index is 1.85. The van der Waals surface area contributed by atoms with E-state index in [1.165, 1.54) is 0 Å². The van der Waals surface area contributed by atoms with E-state index in [1.807, 2.05) is 30.3 Å². The zero-order chi connectivity index (χ0) is 19.7. The topological polar surface area (TPSA) is 66.4 Å². The number of aliphatic hydroxyl groups is 1. The van der Waals surface area contributed by atoms with Gasteiger partial charge in [0.25, 0.3) is 0 Å². The third-order valence-corrected chi connectivity index (χ3v) is 7.28. The molecule has 1 N–H and O–H groups in total. The molecule has 0 spiro atoms. The van der Waals surface area contributed by atoms with Gasteiger partial charge >= 0.3 is 0 Å². The molecule has 0 amide bonds. The first-order valence-corrected chi connectivity index (χ1v) is 13.2. The number of hydrogen-bond acceptors (Lipinski definition) is 6. The molecule has 2 saturated heterocycles. The third kappa shape index (κ3) is 4.29. The fourth-order valence-corrected chi connectivity index (χ4v) is 5.04. The van der Waals surface area contributed by atoms with E-state index in [1.54, 1.807) is 14.2 Å². The van der Waals surface area contributed by atoms with Gasteiger partial charge in [0.2, 0.25) is 0 Å². The molecule has 6 nitrogen and oxygen atoms in total. The molecule has 152 valence electrons. The Bertz CT molecular complexity index is 606. The van der Waals surface area contributed by atoms with Gasteiger partial charge in [-0.2, -0.15) is 0 Å². The number of aliphatic hydroxyl groups excluding tert-OH is 1. The molecule has 2 aliphatic rings. The van der Waals surface area contributed by atoms with Crippen molar-refractivity contribution in [3.05, 3.63) is 35.9 Å². The van der Waals surface area contributed by atoms with Crippen LogP contribution in [-0.2, 0) is 23.7 Å². The molecule has 0 radical (unpaired) electrons. The van der Waals surface area contributed by atoms with Crippen LogP contribution in [0.25, 0.3) is 0 Å². The zero-order valence-corrected chi connectivity index (χ0v) is 17.9. The Hall–Kier alpha value is -0.803. The largest absolute Gasteiger partial charge is 0.375 e. The zero-order valence-electron chi connectivity index (χ0n) is 16.9. The fourth-order valence-electron chi connectivity index (χ4n) is 3.90. The van der Waals surface area contributed by atoms with E-state index < -0.39 is 38.5 Å². The van der Waals surface area contributed by atoms with Crippen molar-refractivity contribution in [2.75, 3.05) is 20.8 Å². The summed E-state index contributed by atoms with van der Waals surface area (Å²) in [5.41, 5.74) is -0.0172. The van der Waals surface area contributed by atoms with E-state index in [0.717, 1.165) is 11.6 Å². The maximum absolute atomic E-state index is 10.8. The SMILES string of the molecule is CO[C@H]1[C@@H]2OC(c3ccccc3)OC[C@H]2O[C@@H](O)[C@]1(CC[Si](C)(C)C)OC. The van der Waals surface area contributed by atoms with E-state index >= 15 is 0 Å². The van der Waals surface area contributed by atoms with Gasteiger partial charge in [-0.1, -0.05) is 56.0 Å². The van der Waals surface area contributed by atoms with Gasteiger partial charge in [-0.3, -0.25) is 0 Å². The molecule has 6 atom stereocenters. The van der Waals surface area contributed by atoms with E-state index in [4.69, 9.17) is 23.7 Å². The fraction of sp³-hybridized carbons (Fsp3) is 0.700. The van der Waals surface area contributed by atoms with Crippen LogP contribution in [0.4, 0.5) is 0 Å². The molecule has 0 aromatic heterocycles. The molecule has 3 rings (SSSR count). The second-order valence-electron chi connectivity index (χ2n) is 8.58. The number of methoxy groups -OCH3 is 2. The molecule has 7 heteroatoms. The minimum Gasteiger partial charge on any atom is -0.375 e. The number of ether oxygens (including phenoxy) is 5. The lowest BCUT2D eigenvalue weighted by atomic mass is 9.83. The van der Waals surface area contributed by atoms with Crippen LogP contribution in [0.1, 0.15) is 18.3 Å². The van der Waals surface area contributed by atoms with Gasteiger partial charge < -0.3 is 28.8 Å². The van der Waals surface area contributed by atoms with Crippen LogP contribution in [0, 0.1) is 0 Å². The second-order valence-corrected chi connectivity index (χ2v) is 14.2. The van der Waals surface area contributed by atoms with Crippen molar-refractivity contribution in [3.8, 4) is 0 Å². The monoisotopic (exact) mass is 396 g/mol. The molecule has 1 aromatic carbocycles. The Morgan fingerprint density at radius 3 is 2.44 bits per heavy atom. The van der Waals surface area contributed by atoms with Crippen LogP contribution in [0.5, 0.6) is 0 Å². The first-order valence-electron chi connectivity index (χ1n) is 9.54. The van der Waals surface area contributed by atoms with Crippen LogP contribution < -0.4 is 0 Å². The number of rotatable bonds is 6. The summed E-state index contributed by atoms with van der Waals surface area (Å²) >= 11 is 0. The summed E-state index contributed by atoms with van der Waals surface area (Å²) in [6.45, 7) is 7.23. The van der Waals surface area contributed by atoms with Crippen LogP contribution in [-0.4, -0.2) is 64.2 Å². The average molecular weight is 397 g/mol. The van der Waals surface area contributed by atoms with Crippen molar-refractivity contribution in [1.29, 1.82) is 0 Å². The van der Waals surface area contributed by atoms with Gasteiger partial charge in [-0.25, -0.2) is 0 Å². The molecule has 0 bridgehead atoms. The number of hydrogen-bond donors (Lipinski definition) is 1. The highest BCUT2D eigenvalue weighted by Crippen LogP contribution is 2.43. The molecular formula is C20H32O6Si. The highest BCUT2D eigenvalue weighted by atomic mass is 28.3. The summed E-state index contributed by atoms with van der Waals surface area (Å²) in [5, 5.41) is 10.8. The smallest absolute Gasteiger partial charge is 0.187 e. The maximum Gasteiger partial charge on any atom is 0.187 e. The molecule has 0 saturated carbocycles. The Morgan fingerprint density at radius 2 is 1.85 bits per heavy atom. The van der Waals surface area contributed by atoms with Crippen molar-refractivity contribution < 1.29 is 28.8 Å². The van der Waals surface area contributed by atoms with Crippen molar-refractivity contribution >= 4 is 8.07 Å². The molecular weight excluding hydrogens is 364 g/mol. The van der Waals surface area contributed by atoms with Gasteiger partial charge in [-0.05, 0) is 6.42 Å². The van der Waals surface area contributed by atoms with E-state index in [9.17, 15) is 5.11 Å². The standard InChI is InChI=1S/C20H32O6Si/c1-22-17-16-15(13-24-18(26-16)14-9-7-6-8-10-14)25-19(21)20(17,23-2)11-12-27(3,4)5/h6-10,15-19,21H,11-13H2,1-5H3/t15-,16-,17+,18?,19-,20-/m1/s1. The summed E-state index contributed by atoms with van der Waals surface area (Å²) in [7, 11) is 1.89. The Kier molecular flexibility index (Phi) is 6.42. The van der Waals surface area contributed by atoms with Gasteiger partial charge in [0.15, 0.2) is 12.6 Å². The highest BCUT2D eigenvalue weighted by molar-refractivity contribution is 6.76. The van der Waals surface area contributed by atoms with E-state index in [-0.39, 0.29) is 6.10 Å². The molecule has 2 aliphatic heterocycles. The lowest BCUT2D eigenvalue weighted by Gasteiger charge is -2.53. The highest BCUT2D eigenvalue weighted by Gasteiger charge is 2.59. The summed E-state index contributed by atoms with van der Waals surface area (Å²) in [6, 6.07) is 10.8. The first-order chi connectivity index (χ1) is 12.8. The van der Waals surface area contributed by atoms with Crippen LogP contribution in [0.3, 0.4) is 0 Å². The number of fused-ring (bicyclic) bond motifs is 1. The minimum absolute atomic E-state index is 0.328. The average Bonchev–Trinajstić information content (AvgIpc) is 2.65. The van der Waals surface area contributed by atoms with Crippen LogP contribution in [0.2, 0.25) is 25.7 Å². The summed E-state index contributed by atoms with van der Waals surface area (Å²) in [5.74, 6) is 0. The number of benzene rings is 1. The lowest BCUT2D eigenvalue weighted by Crippen LogP contribution is -2.69. The normalized spacial score (nSPS) is 37.0. The summed E-state index contributed by atoms with van der Waals surface area (Å²) < 4.78 is 29.7. The Morgan fingerprint density at radius 1 is 1.15 bits per heavy atom. The van der Waals surface area contributed by atoms with Gasteiger partial charge in [0.1, 0.15) is 23.9 Å². The third-order valence-electron chi connectivity index (χ3n) is 5.53. The second kappa shape index (κ2) is 8.29. The van der Waals surface area contributed by atoms with E-state index in [2.05, 4.69) is 19.6 Å². The molecule has 1 unspecified atom stereocenters. The molecule has 27 heavy (non-hydrogen) atoms. The van der Waals surface area contributed by atoms with Gasteiger partial charge in [0.05, 0.1) is 6.61 Å². The van der Waals surface area contributed by atoms with Crippen LogP contribution >= 0.6 is 0 Å². The summed E-state index contributed by atoms with van der Waals surface area (Å²) in [6.07, 6.45) is -2.18. The van der Waals surface area contributed by atoms with Gasteiger partial charge in [0, 0.05) is 27.9 Å². The van der Waals surface area contributed by atoms with Crippen molar-refractivity contribution in [2.45, 2.75) is 68.6 Å². The molecule has 2 fully saturated rings. The summed E-state index contributed by atoms with van der Waals surface area (Å²) in [4.78, 5) is 0. The minimum atomic E-state index is -1.35. The predicted molar refractivity (Wildman–Crippen MR) is 104 cm³/mol. The van der Waals surface area contributed by atoms with E-state index in [0.29, 0.717) is 13.0 Å².